The third-order valence-corrected chi connectivity index (χ3v) is 2.91. The molecule has 0 saturated heterocycles. The van der Waals surface area contributed by atoms with Gasteiger partial charge in [0.15, 0.2) is 5.82 Å². The standard InChI is InChI=1S/C12H10FN3O2/c1-15-9-3-4-10(11(13)8(9)7-14-15)16-5-2-6-18-12(16)17/h2-4,6-7H,5H2,1H3. The molecule has 0 radical (unpaired) electrons. The summed E-state index contributed by atoms with van der Waals surface area (Å²) >= 11 is 0. The molecule has 0 bridgehead atoms. The van der Waals surface area contributed by atoms with Crippen LogP contribution < -0.4 is 4.90 Å². The van der Waals surface area contributed by atoms with E-state index in [1.54, 1.807) is 29.9 Å². The molecule has 5 nitrogen and oxygen atoms in total. The van der Waals surface area contributed by atoms with Crippen LogP contribution in [-0.4, -0.2) is 22.4 Å². The fraction of sp³-hybridized carbons (Fsp3) is 0.167. The number of carbonyl (C=O) groups is 1. The van der Waals surface area contributed by atoms with E-state index >= 15 is 0 Å². The average Bonchev–Trinajstić information content (AvgIpc) is 2.74. The van der Waals surface area contributed by atoms with Gasteiger partial charge < -0.3 is 4.74 Å². The van der Waals surface area contributed by atoms with Crippen LogP contribution in [0.15, 0.2) is 30.7 Å². The number of nitrogens with zero attached hydrogens (tertiary/aromatic N) is 3. The minimum Gasteiger partial charge on any atom is -0.418 e. The highest BCUT2D eigenvalue weighted by Crippen LogP contribution is 2.28. The summed E-state index contributed by atoms with van der Waals surface area (Å²) in [6.07, 6.45) is 3.81. The zero-order valence-electron chi connectivity index (χ0n) is 9.63. The SMILES string of the molecule is Cn1ncc2c(F)c(N3CC=COC3=O)ccc21. The molecule has 0 saturated carbocycles. The highest BCUT2D eigenvalue weighted by Gasteiger charge is 2.23. The number of hydrogen-bond acceptors (Lipinski definition) is 3. The number of benzene rings is 1. The maximum atomic E-state index is 14.3. The molecule has 1 aromatic heterocycles. The van der Waals surface area contributed by atoms with Gasteiger partial charge in [-0.2, -0.15) is 5.10 Å². The fourth-order valence-electron chi connectivity index (χ4n) is 1.98. The van der Waals surface area contributed by atoms with Crippen molar-refractivity contribution < 1.29 is 13.9 Å². The normalized spacial score (nSPS) is 15.2. The van der Waals surface area contributed by atoms with Crippen molar-refractivity contribution in [1.82, 2.24) is 9.78 Å². The molecule has 0 atom stereocenters. The molecule has 0 unspecified atom stereocenters. The van der Waals surface area contributed by atoms with Crippen molar-refractivity contribution in [2.75, 3.05) is 11.4 Å². The number of halogens is 1. The number of amides is 1. The summed E-state index contributed by atoms with van der Waals surface area (Å²) in [5.41, 5.74) is 0.877. The zero-order valence-corrected chi connectivity index (χ0v) is 9.63. The lowest BCUT2D eigenvalue weighted by molar-refractivity contribution is 0.190. The highest BCUT2D eigenvalue weighted by molar-refractivity contribution is 5.93. The summed E-state index contributed by atoms with van der Waals surface area (Å²) in [5, 5.41) is 4.38. The Morgan fingerprint density at radius 2 is 2.28 bits per heavy atom. The van der Waals surface area contributed by atoms with Crippen LogP contribution in [-0.2, 0) is 11.8 Å². The molecule has 18 heavy (non-hydrogen) atoms. The first kappa shape index (κ1) is 10.8. The van der Waals surface area contributed by atoms with Crippen LogP contribution in [0.1, 0.15) is 0 Å². The van der Waals surface area contributed by atoms with Crippen molar-refractivity contribution in [3.8, 4) is 0 Å². The van der Waals surface area contributed by atoms with E-state index in [0.29, 0.717) is 17.4 Å². The number of rotatable bonds is 1. The zero-order chi connectivity index (χ0) is 12.7. The second-order valence-corrected chi connectivity index (χ2v) is 3.97. The van der Waals surface area contributed by atoms with Crippen LogP contribution in [0.25, 0.3) is 10.9 Å². The Balaban J connectivity index is 2.15. The molecule has 6 heteroatoms. The van der Waals surface area contributed by atoms with E-state index in [1.165, 1.54) is 17.4 Å². The predicted octanol–water partition coefficient (Wildman–Crippen LogP) is 2.18. The van der Waals surface area contributed by atoms with Crippen molar-refractivity contribution in [2.45, 2.75) is 0 Å². The maximum absolute atomic E-state index is 14.3. The largest absolute Gasteiger partial charge is 0.419 e. The second-order valence-electron chi connectivity index (χ2n) is 3.97. The van der Waals surface area contributed by atoms with Crippen molar-refractivity contribution in [2.24, 2.45) is 7.05 Å². The van der Waals surface area contributed by atoms with Crippen molar-refractivity contribution >= 4 is 22.7 Å². The van der Waals surface area contributed by atoms with Gasteiger partial charge in [-0.1, -0.05) is 0 Å². The van der Waals surface area contributed by atoms with Crippen LogP contribution >= 0.6 is 0 Å². The summed E-state index contributed by atoms with van der Waals surface area (Å²) in [7, 11) is 1.74. The number of hydrogen-bond donors (Lipinski definition) is 0. The molecule has 2 aromatic rings. The Labute approximate surface area is 102 Å². The van der Waals surface area contributed by atoms with Gasteiger partial charge in [-0.3, -0.25) is 9.58 Å². The van der Waals surface area contributed by atoms with Crippen LogP contribution in [0.4, 0.5) is 14.9 Å². The van der Waals surface area contributed by atoms with Gasteiger partial charge in [-0.25, -0.2) is 9.18 Å². The predicted molar refractivity (Wildman–Crippen MR) is 63.6 cm³/mol. The molecule has 2 heterocycles. The molecule has 0 fully saturated rings. The maximum Gasteiger partial charge on any atom is 0.419 e. The van der Waals surface area contributed by atoms with Crippen molar-refractivity contribution in [1.29, 1.82) is 0 Å². The van der Waals surface area contributed by atoms with Crippen LogP contribution in [0.3, 0.4) is 0 Å². The van der Waals surface area contributed by atoms with Crippen LogP contribution in [0.5, 0.6) is 0 Å². The molecule has 1 aliphatic rings. The van der Waals surface area contributed by atoms with E-state index in [0.717, 1.165) is 0 Å². The van der Waals surface area contributed by atoms with E-state index in [-0.39, 0.29) is 5.69 Å². The Kier molecular flexibility index (Phi) is 2.29. The molecule has 0 aliphatic carbocycles. The van der Waals surface area contributed by atoms with Gasteiger partial charge in [-0.05, 0) is 18.2 Å². The smallest absolute Gasteiger partial charge is 0.418 e. The summed E-state index contributed by atoms with van der Waals surface area (Å²) < 4.78 is 20.6. The van der Waals surface area contributed by atoms with Gasteiger partial charge in [0.25, 0.3) is 0 Å². The molecule has 92 valence electrons. The fourth-order valence-corrected chi connectivity index (χ4v) is 1.98. The number of ether oxygens (including phenoxy) is 1. The molecule has 3 rings (SSSR count). The molecule has 0 spiro atoms. The number of fused-ring (bicyclic) bond motifs is 1. The van der Waals surface area contributed by atoms with Crippen LogP contribution in [0.2, 0.25) is 0 Å². The van der Waals surface area contributed by atoms with Gasteiger partial charge in [0.05, 0.1) is 35.6 Å². The third kappa shape index (κ3) is 1.46. The van der Waals surface area contributed by atoms with Crippen molar-refractivity contribution in [3.05, 3.63) is 36.5 Å². The second kappa shape index (κ2) is 3.83. The van der Waals surface area contributed by atoms with Crippen LogP contribution in [0, 0.1) is 5.82 Å². The first-order valence-corrected chi connectivity index (χ1v) is 5.42. The Morgan fingerprint density at radius 3 is 3.06 bits per heavy atom. The lowest BCUT2D eigenvalue weighted by atomic mass is 10.2. The van der Waals surface area contributed by atoms with E-state index in [1.807, 2.05) is 0 Å². The monoisotopic (exact) mass is 247 g/mol. The number of carbonyl (C=O) groups excluding carboxylic acids is 1. The summed E-state index contributed by atoms with van der Waals surface area (Å²) in [6.45, 7) is 0.293. The Hall–Kier alpha value is -2.37. The lowest BCUT2D eigenvalue weighted by Gasteiger charge is -2.23. The number of aromatic nitrogens is 2. The van der Waals surface area contributed by atoms with Crippen molar-refractivity contribution in [3.63, 3.8) is 0 Å². The van der Waals surface area contributed by atoms with E-state index in [9.17, 15) is 9.18 Å². The minimum atomic E-state index is -0.584. The third-order valence-electron chi connectivity index (χ3n) is 2.91. The Morgan fingerprint density at radius 1 is 1.44 bits per heavy atom. The molecule has 1 aliphatic heterocycles. The summed E-state index contributed by atoms with van der Waals surface area (Å²) in [5.74, 6) is -0.465. The summed E-state index contributed by atoms with van der Waals surface area (Å²) in [4.78, 5) is 12.8. The lowest BCUT2D eigenvalue weighted by Crippen LogP contribution is -2.33. The number of aryl methyl sites for hydroxylation is 1. The average molecular weight is 247 g/mol. The summed E-state index contributed by atoms with van der Waals surface area (Å²) in [6, 6.07) is 3.28. The molecule has 0 N–H and O–H groups in total. The quantitative estimate of drug-likeness (QED) is 0.776. The first-order chi connectivity index (χ1) is 8.68. The van der Waals surface area contributed by atoms with E-state index in [4.69, 9.17) is 4.74 Å². The van der Waals surface area contributed by atoms with Gasteiger partial charge in [-0.15, -0.1) is 0 Å². The topological polar surface area (TPSA) is 47.4 Å². The first-order valence-electron chi connectivity index (χ1n) is 5.42. The van der Waals surface area contributed by atoms with Gasteiger partial charge in [0, 0.05) is 7.05 Å². The van der Waals surface area contributed by atoms with E-state index < -0.39 is 11.9 Å². The Bertz CT molecular complexity index is 663. The van der Waals surface area contributed by atoms with E-state index in [2.05, 4.69) is 5.10 Å². The van der Waals surface area contributed by atoms with Gasteiger partial charge in [0.2, 0.25) is 0 Å². The minimum absolute atomic E-state index is 0.199. The molecule has 1 aromatic carbocycles. The number of anilines is 1. The highest BCUT2D eigenvalue weighted by atomic mass is 19.1. The molecular weight excluding hydrogens is 237 g/mol. The van der Waals surface area contributed by atoms with Gasteiger partial charge >= 0.3 is 6.09 Å². The molecular formula is C12H10FN3O2. The molecule has 1 amide bonds. The van der Waals surface area contributed by atoms with Gasteiger partial charge in [0.1, 0.15) is 0 Å². The number of cyclic esters (lactones) is 1.